The van der Waals surface area contributed by atoms with Crippen molar-refractivity contribution in [3.63, 3.8) is 0 Å². The number of hydrogen-bond donors (Lipinski definition) is 2. The molecule has 0 atom stereocenters. The summed E-state index contributed by atoms with van der Waals surface area (Å²) < 4.78 is 0. The van der Waals surface area contributed by atoms with E-state index in [0.29, 0.717) is 0 Å². The first-order valence-electron chi connectivity index (χ1n) is 3.06. The first kappa shape index (κ1) is 12.4. The number of primary amides is 1. The molecule has 0 saturated carbocycles. The molecule has 0 spiro atoms. The van der Waals surface area contributed by atoms with Gasteiger partial charge >= 0.3 is 5.97 Å². The molecule has 3 N–H and O–H groups in total. The number of hydrogen-bond acceptors (Lipinski definition) is 2. The lowest BCUT2D eigenvalue weighted by Gasteiger charge is -1.89. The molecular weight excluding hydrogens is 146 g/mol. The minimum atomic E-state index is -0.741. The highest BCUT2D eigenvalue weighted by molar-refractivity contribution is 5.84. The lowest BCUT2D eigenvalue weighted by molar-refractivity contribution is -0.140. The summed E-state index contributed by atoms with van der Waals surface area (Å²) in [5, 5.41) is 7.99. The lowest BCUT2D eigenvalue weighted by Crippen LogP contribution is -2.04. The Bertz CT molecular complexity index is 152. The van der Waals surface area contributed by atoms with Crippen molar-refractivity contribution in [2.45, 2.75) is 13.8 Å². The van der Waals surface area contributed by atoms with Crippen LogP contribution in [-0.4, -0.2) is 17.0 Å². The smallest absolute Gasteiger partial charge is 0.305 e. The number of aliphatic carboxylic acids is 1. The molecular formula is C7H13NO3. The van der Waals surface area contributed by atoms with Gasteiger partial charge in [0.2, 0.25) is 5.91 Å². The Hall–Kier alpha value is -1.32. The zero-order chi connectivity index (χ0) is 9.44. The fourth-order valence-corrected chi connectivity index (χ4v) is 0. The molecule has 0 aromatic rings. The van der Waals surface area contributed by atoms with Gasteiger partial charge in [-0.15, -0.1) is 0 Å². The van der Waals surface area contributed by atoms with E-state index < -0.39 is 11.9 Å². The van der Waals surface area contributed by atoms with E-state index in [1.807, 2.05) is 0 Å². The van der Waals surface area contributed by atoms with Gasteiger partial charge in [0, 0.05) is 0 Å². The van der Waals surface area contributed by atoms with Crippen LogP contribution < -0.4 is 5.73 Å². The van der Waals surface area contributed by atoms with Crippen LogP contribution in [0.4, 0.5) is 0 Å². The molecule has 64 valence electrons. The van der Waals surface area contributed by atoms with Crippen LogP contribution in [0.25, 0.3) is 0 Å². The normalized spacial score (nSPS) is 7.91. The molecule has 0 aliphatic heterocycles. The van der Waals surface area contributed by atoms with Crippen LogP contribution in [0.1, 0.15) is 13.8 Å². The maximum atomic E-state index is 9.70. The topological polar surface area (TPSA) is 80.4 Å². The average Bonchev–Trinajstić information content (AvgIpc) is 1.89. The van der Waals surface area contributed by atoms with E-state index in [-0.39, 0.29) is 5.92 Å². The van der Waals surface area contributed by atoms with E-state index in [9.17, 15) is 9.59 Å². The van der Waals surface area contributed by atoms with Crippen LogP contribution >= 0.6 is 0 Å². The third-order valence-electron chi connectivity index (χ3n) is 0.695. The molecule has 1 amide bonds. The van der Waals surface area contributed by atoms with Gasteiger partial charge in [0.05, 0.1) is 5.92 Å². The van der Waals surface area contributed by atoms with Crippen molar-refractivity contribution >= 4 is 11.9 Å². The second kappa shape index (κ2) is 6.80. The second-order valence-electron chi connectivity index (χ2n) is 2.10. The monoisotopic (exact) mass is 159 g/mol. The van der Waals surface area contributed by atoms with Crippen molar-refractivity contribution in [1.82, 2.24) is 0 Å². The van der Waals surface area contributed by atoms with Gasteiger partial charge in [0.1, 0.15) is 0 Å². The molecule has 0 fully saturated rings. The summed E-state index contributed by atoms with van der Waals surface area (Å²) in [6.07, 6.45) is 1.06. The van der Waals surface area contributed by atoms with Gasteiger partial charge in [-0.05, 0) is 6.08 Å². The highest BCUT2D eigenvalue weighted by Gasteiger charge is 1.99. The minimum absolute atomic E-state index is 0.231. The molecule has 11 heavy (non-hydrogen) atoms. The number of carbonyl (C=O) groups excluding carboxylic acids is 1. The van der Waals surface area contributed by atoms with E-state index in [1.165, 1.54) is 0 Å². The van der Waals surface area contributed by atoms with Crippen LogP contribution in [0, 0.1) is 5.92 Å². The molecule has 0 heterocycles. The fourth-order valence-electron chi connectivity index (χ4n) is 0. The molecule has 0 aliphatic rings. The molecule has 0 unspecified atom stereocenters. The first-order chi connectivity index (χ1) is 4.91. The Balaban J connectivity index is 0. The molecule has 0 rings (SSSR count). The third kappa shape index (κ3) is 17.7. The minimum Gasteiger partial charge on any atom is -0.481 e. The standard InChI is InChI=1S/C4H8O2.C3H5NO/c1-3(2)4(5)6;1-2-3(4)5/h3H,1-2H3,(H,5,6);2H,1H2,(H2,4,5). The van der Waals surface area contributed by atoms with Crippen LogP contribution in [-0.2, 0) is 9.59 Å². The first-order valence-corrected chi connectivity index (χ1v) is 3.06. The number of amides is 1. The Kier molecular flexibility index (Phi) is 7.64. The number of rotatable bonds is 2. The van der Waals surface area contributed by atoms with E-state index in [2.05, 4.69) is 12.3 Å². The predicted octanol–water partition coefficient (Wildman–Crippen LogP) is 0.385. The van der Waals surface area contributed by atoms with Gasteiger partial charge in [-0.1, -0.05) is 20.4 Å². The van der Waals surface area contributed by atoms with E-state index in [1.54, 1.807) is 13.8 Å². The number of carboxylic acid groups (broad SMARTS) is 1. The Labute approximate surface area is 65.7 Å². The zero-order valence-corrected chi connectivity index (χ0v) is 6.70. The van der Waals surface area contributed by atoms with Crippen LogP contribution in [0.2, 0.25) is 0 Å². The molecule has 0 radical (unpaired) electrons. The summed E-state index contributed by atoms with van der Waals surface area (Å²) in [4.78, 5) is 19.2. The van der Waals surface area contributed by atoms with Crippen molar-refractivity contribution in [1.29, 1.82) is 0 Å². The number of carboxylic acids is 1. The van der Waals surface area contributed by atoms with Gasteiger partial charge in [-0.2, -0.15) is 0 Å². The second-order valence-corrected chi connectivity index (χ2v) is 2.10. The maximum Gasteiger partial charge on any atom is 0.305 e. The Morgan fingerprint density at radius 3 is 1.73 bits per heavy atom. The van der Waals surface area contributed by atoms with Crippen molar-refractivity contribution in [3.8, 4) is 0 Å². The number of carbonyl (C=O) groups is 2. The maximum absolute atomic E-state index is 9.70. The van der Waals surface area contributed by atoms with Crippen molar-refractivity contribution in [2.75, 3.05) is 0 Å². The molecule has 0 aromatic heterocycles. The summed E-state index contributed by atoms with van der Waals surface area (Å²) in [5.74, 6) is -1.45. The number of nitrogens with two attached hydrogens (primary N) is 1. The van der Waals surface area contributed by atoms with Crippen LogP contribution in [0.5, 0.6) is 0 Å². The van der Waals surface area contributed by atoms with Gasteiger partial charge < -0.3 is 10.8 Å². The summed E-state index contributed by atoms with van der Waals surface area (Å²) in [7, 11) is 0. The predicted molar refractivity (Wildman–Crippen MR) is 41.9 cm³/mol. The summed E-state index contributed by atoms with van der Waals surface area (Å²) in [6.45, 7) is 6.37. The molecule has 0 saturated heterocycles. The van der Waals surface area contributed by atoms with Gasteiger partial charge in [-0.25, -0.2) is 0 Å². The van der Waals surface area contributed by atoms with Crippen molar-refractivity contribution < 1.29 is 14.7 Å². The fraction of sp³-hybridized carbons (Fsp3) is 0.429. The van der Waals surface area contributed by atoms with Gasteiger partial charge in [0.15, 0.2) is 0 Å². The van der Waals surface area contributed by atoms with Gasteiger partial charge in [-0.3, -0.25) is 9.59 Å². The van der Waals surface area contributed by atoms with Crippen LogP contribution in [0.15, 0.2) is 12.7 Å². The van der Waals surface area contributed by atoms with E-state index >= 15 is 0 Å². The third-order valence-corrected chi connectivity index (χ3v) is 0.695. The van der Waals surface area contributed by atoms with Crippen LogP contribution in [0.3, 0.4) is 0 Å². The molecule has 4 heteroatoms. The molecule has 0 aromatic carbocycles. The molecule has 0 bridgehead atoms. The highest BCUT2D eigenvalue weighted by Crippen LogP contribution is 1.87. The van der Waals surface area contributed by atoms with Gasteiger partial charge in [0.25, 0.3) is 0 Å². The average molecular weight is 159 g/mol. The highest BCUT2D eigenvalue weighted by atomic mass is 16.4. The Morgan fingerprint density at radius 2 is 1.73 bits per heavy atom. The summed E-state index contributed by atoms with van der Waals surface area (Å²) >= 11 is 0. The lowest BCUT2D eigenvalue weighted by atomic mass is 10.2. The van der Waals surface area contributed by atoms with E-state index in [4.69, 9.17) is 5.11 Å². The molecule has 0 aliphatic carbocycles. The largest absolute Gasteiger partial charge is 0.481 e. The van der Waals surface area contributed by atoms with Crippen molar-refractivity contribution in [2.24, 2.45) is 11.7 Å². The zero-order valence-electron chi connectivity index (χ0n) is 6.70. The quantitative estimate of drug-likeness (QED) is 0.572. The summed E-state index contributed by atoms with van der Waals surface area (Å²) in [5.41, 5.74) is 4.53. The molecule has 4 nitrogen and oxygen atoms in total. The van der Waals surface area contributed by atoms with Crippen molar-refractivity contribution in [3.05, 3.63) is 12.7 Å². The Morgan fingerprint density at radius 1 is 1.55 bits per heavy atom. The summed E-state index contributed by atoms with van der Waals surface area (Å²) in [6, 6.07) is 0. The van der Waals surface area contributed by atoms with E-state index in [0.717, 1.165) is 6.08 Å². The SMILES string of the molecule is C=CC(N)=O.CC(C)C(=O)O.